The summed E-state index contributed by atoms with van der Waals surface area (Å²) in [6, 6.07) is 10.1. The molecule has 0 bridgehead atoms. The van der Waals surface area contributed by atoms with Gasteiger partial charge >= 0.3 is 0 Å². The summed E-state index contributed by atoms with van der Waals surface area (Å²) in [5.74, 6) is 0.574. The predicted octanol–water partition coefficient (Wildman–Crippen LogP) is 2.92. The van der Waals surface area contributed by atoms with Gasteiger partial charge in [0.15, 0.2) is 0 Å². The standard InChI is InChI=1S/C19H22N6O2S/c1-19(2,21-12-14-6-4-3-5-7-14)15(16-26-10-11-27-16)22-18-23-17(24-28-18)25-9-8-20-13-25/h3-11,13,15-16,21H,12H2,1-2H3,(H,22,23,24). The van der Waals surface area contributed by atoms with E-state index >= 15 is 0 Å². The van der Waals surface area contributed by atoms with Gasteiger partial charge in [-0.25, -0.2) is 4.98 Å². The molecular weight excluding hydrogens is 376 g/mol. The highest BCUT2D eigenvalue weighted by Crippen LogP contribution is 2.26. The highest BCUT2D eigenvalue weighted by Gasteiger charge is 2.39. The maximum absolute atomic E-state index is 5.64. The van der Waals surface area contributed by atoms with Crippen LogP contribution in [0.25, 0.3) is 5.95 Å². The molecule has 4 rings (SSSR count). The van der Waals surface area contributed by atoms with E-state index in [-0.39, 0.29) is 11.6 Å². The third-order valence-electron chi connectivity index (χ3n) is 4.55. The van der Waals surface area contributed by atoms with Gasteiger partial charge in [0, 0.05) is 36.0 Å². The van der Waals surface area contributed by atoms with Crippen molar-refractivity contribution in [1.29, 1.82) is 0 Å². The molecule has 3 aromatic rings. The van der Waals surface area contributed by atoms with Crippen LogP contribution in [0.5, 0.6) is 0 Å². The molecule has 8 nitrogen and oxygen atoms in total. The number of anilines is 1. The van der Waals surface area contributed by atoms with Gasteiger partial charge in [-0.15, -0.1) is 0 Å². The Morgan fingerprint density at radius 2 is 2.00 bits per heavy atom. The molecule has 9 heteroatoms. The third kappa shape index (κ3) is 4.15. The van der Waals surface area contributed by atoms with E-state index in [4.69, 9.17) is 9.47 Å². The van der Waals surface area contributed by atoms with Crippen molar-refractivity contribution < 1.29 is 9.47 Å². The summed E-state index contributed by atoms with van der Waals surface area (Å²) in [5, 5.41) is 7.72. The zero-order chi connectivity index (χ0) is 19.4. The second-order valence-electron chi connectivity index (χ2n) is 6.97. The molecule has 1 aliphatic heterocycles. The van der Waals surface area contributed by atoms with Crippen LogP contribution in [0.15, 0.2) is 61.6 Å². The van der Waals surface area contributed by atoms with Gasteiger partial charge in [0.1, 0.15) is 24.9 Å². The van der Waals surface area contributed by atoms with Gasteiger partial charge in [0.25, 0.3) is 6.29 Å². The van der Waals surface area contributed by atoms with Crippen LogP contribution < -0.4 is 10.6 Å². The van der Waals surface area contributed by atoms with Crippen molar-refractivity contribution in [3.05, 3.63) is 67.1 Å². The molecule has 1 aliphatic rings. The van der Waals surface area contributed by atoms with Crippen molar-refractivity contribution in [2.24, 2.45) is 0 Å². The number of rotatable bonds is 8. The Kier molecular flexibility index (Phi) is 5.27. The fourth-order valence-electron chi connectivity index (χ4n) is 2.92. The van der Waals surface area contributed by atoms with E-state index < -0.39 is 6.29 Å². The fourth-order valence-corrected chi connectivity index (χ4v) is 3.53. The summed E-state index contributed by atoms with van der Waals surface area (Å²) >= 11 is 1.29. The highest BCUT2D eigenvalue weighted by molar-refractivity contribution is 7.09. The summed E-state index contributed by atoms with van der Waals surface area (Å²) in [4.78, 5) is 8.59. The summed E-state index contributed by atoms with van der Waals surface area (Å²) in [5.41, 5.74) is 0.840. The predicted molar refractivity (Wildman–Crippen MR) is 107 cm³/mol. The lowest BCUT2D eigenvalue weighted by atomic mass is 9.93. The van der Waals surface area contributed by atoms with Crippen LogP contribution in [0.2, 0.25) is 0 Å². The zero-order valence-electron chi connectivity index (χ0n) is 15.6. The van der Waals surface area contributed by atoms with E-state index in [0.29, 0.717) is 11.1 Å². The molecule has 0 aliphatic carbocycles. The maximum atomic E-state index is 5.64. The number of nitrogens with one attached hydrogen (secondary N) is 2. The van der Waals surface area contributed by atoms with Gasteiger partial charge in [0.05, 0.1) is 0 Å². The average molecular weight is 398 g/mol. The molecule has 2 aromatic heterocycles. The van der Waals surface area contributed by atoms with Gasteiger partial charge in [-0.1, -0.05) is 30.3 Å². The lowest BCUT2D eigenvalue weighted by Crippen LogP contribution is -2.58. The summed E-state index contributed by atoms with van der Waals surface area (Å²) in [6.07, 6.45) is 7.81. The average Bonchev–Trinajstić information content (AvgIpc) is 3.47. The minimum Gasteiger partial charge on any atom is -0.457 e. The molecule has 1 aromatic carbocycles. The molecule has 0 spiro atoms. The van der Waals surface area contributed by atoms with Gasteiger partial charge in [-0.3, -0.25) is 4.57 Å². The largest absolute Gasteiger partial charge is 0.457 e. The number of aromatic nitrogens is 4. The lowest BCUT2D eigenvalue weighted by Gasteiger charge is -2.37. The Bertz CT molecular complexity index is 902. The van der Waals surface area contributed by atoms with E-state index in [1.54, 1.807) is 29.6 Å². The van der Waals surface area contributed by atoms with Crippen molar-refractivity contribution in [1.82, 2.24) is 24.2 Å². The smallest absolute Gasteiger partial charge is 0.261 e. The first-order chi connectivity index (χ1) is 13.6. The minimum absolute atomic E-state index is 0.213. The van der Waals surface area contributed by atoms with Crippen LogP contribution in [0.1, 0.15) is 19.4 Å². The van der Waals surface area contributed by atoms with E-state index in [1.165, 1.54) is 17.1 Å². The zero-order valence-corrected chi connectivity index (χ0v) is 16.5. The van der Waals surface area contributed by atoms with Crippen LogP contribution >= 0.6 is 11.5 Å². The van der Waals surface area contributed by atoms with E-state index in [1.807, 2.05) is 24.4 Å². The van der Waals surface area contributed by atoms with E-state index in [0.717, 1.165) is 6.54 Å². The van der Waals surface area contributed by atoms with Gasteiger partial charge in [-0.2, -0.15) is 9.36 Å². The molecule has 2 N–H and O–H groups in total. The highest BCUT2D eigenvalue weighted by atomic mass is 32.1. The van der Waals surface area contributed by atoms with Gasteiger partial charge in [-0.05, 0) is 19.4 Å². The second-order valence-corrected chi connectivity index (χ2v) is 7.72. The number of imidazole rings is 1. The Labute approximate surface area is 167 Å². The van der Waals surface area contributed by atoms with Gasteiger partial charge < -0.3 is 20.1 Å². The normalized spacial score (nSPS) is 15.2. The summed E-state index contributed by atoms with van der Waals surface area (Å²) in [6.45, 7) is 4.94. The van der Waals surface area contributed by atoms with Crippen LogP contribution in [0.3, 0.4) is 0 Å². The summed E-state index contributed by atoms with van der Waals surface area (Å²) < 4.78 is 17.4. The monoisotopic (exact) mass is 398 g/mol. The molecule has 1 atom stereocenters. The fraction of sp³-hybridized carbons (Fsp3) is 0.316. The molecule has 1 unspecified atom stereocenters. The molecule has 0 radical (unpaired) electrons. The summed E-state index contributed by atoms with van der Waals surface area (Å²) in [7, 11) is 0. The first kappa shape index (κ1) is 18.5. The number of hydrogen-bond donors (Lipinski definition) is 2. The number of benzene rings is 1. The number of hydrogen-bond acceptors (Lipinski definition) is 8. The third-order valence-corrected chi connectivity index (χ3v) is 5.19. The Morgan fingerprint density at radius 1 is 1.21 bits per heavy atom. The second kappa shape index (κ2) is 7.99. The van der Waals surface area contributed by atoms with Crippen molar-refractivity contribution in [2.45, 2.75) is 38.3 Å². The topological polar surface area (TPSA) is 86.1 Å². The first-order valence-electron chi connectivity index (χ1n) is 8.95. The molecule has 0 fully saturated rings. The SMILES string of the molecule is CC(C)(NCc1ccccc1)C(Nc1nc(-n2ccnc2)ns1)C1OC=CO1. The molecule has 0 saturated heterocycles. The van der Waals surface area contributed by atoms with E-state index in [9.17, 15) is 0 Å². The van der Waals surface area contributed by atoms with Gasteiger partial charge in [0.2, 0.25) is 11.1 Å². The van der Waals surface area contributed by atoms with Crippen molar-refractivity contribution in [2.75, 3.05) is 5.32 Å². The van der Waals surface area contributed by atoms with E-state index in [2.05, 4.69) is 51.0 Å². The quantitative estimate of drug-likeness (QED) is 0.603. The Hall–Kier alpha value is -2.91. The minimum atomic E-state index is -0.473. The molecule has 28 heavy (non-hydrogen) atoms. The maximum Gasteiger partial charge on any atom is 0.261 e. The lowest BCUT2D eigenvalue weighted by molar-refractivity contribution is -0.0534. The van der Waals surface area contributed by atoms with Crippen LogP contribution in [-0.2, 0) is 16.0 Å². The Morgan fingerprint density at radius 3 is 2.71 bits per heavy atom. The molecular formula is C19H22N6O2S. The van der Waals surface area contributed by atoms with Crippen LogP contribution in [-0.4, -0.2) is 36.8 Å². The molecule has 0 amide bonds. The molecule has 3 heterocycles. The van der Waals surface area contributed by atoms with Crippen molar-refractivity contribution in [3.8, 4) is 5.95 Å². The Balaban J connectivity index is 1.50. The first-order valence-corrected chi connectivity index (χ1v) is 9.73. The van der Waals surface area contributed by atoms with Crippen molar-refractivity contribution >= 4 is 16.7 Å². The molecule has 146 valence electrons. The number of ether oxygens (including phenoxy) is 2. The van der Waals surface area contributed by atoms with Crippen LogP contribution in [0.4, 0.5) is 5.13 Å². The van der Waals surface area contributed by atoms with Crippen LogP contribution in [0, 0.1) is 0 Å². The molecule has 0 saturated carbocycles. The van der Waals surface area contributed by atoms with Crippen molar-refractivity contribution in [3.63, 3.8) is 0 Å². The number of nitrogens with zero attached hydrogens (tertiary/aromatic N) is 4.